The molecule has 188 valence electrons. The van der Waals surface area contributed by atoms with Gasteiger partial charge in [-0.2, -0.15) is 0 Å². The molecule has 1 amide bonds. The molecule has 1 fully saturated rings. The third-order valence-electron chi connectivity index (χ3n) is 6.24. The molecule has 0 bridgehead atoms. The molecule has 1 aliphatic heterocycles. The van der Waals surface area contributed by atoms with Crippen LogP contribution >= 0.6 is 11.6 Å². The molecular formula is C27H33ClN2O5. The first-order valence-corrected chi connectivity index (χ1v) is 12.3. The Bertz CT molecular complexity index is 1080. The van der Waals surface area contributed by atoms with E-state index in [0.717, 1.165) is 19.6 Å². The number of rotatable bonds is 11. The third kappa shape index (κ3) is 5.80. The molecule has 0 unspecified atom stereocenters. The van der Waals surface area contributed by atoms with Crippen LogP contribution in [0.5, 0.6) is 11.5 Å². The van der Waals surface area contributed by atoms with E-state index in [1.54, 1.807) is 42.3 Å². The van der Waals surface area contributed by atoms with E-state index in [4.69, 9.17) is 21.1 Å². The molecule has 2 aromatic carbocycles. The molecule has 1 heterocycles. The second-order valence-electron chi connectivity index (χ2n) is 8.22. The minimum Gasteiger partial charge on any atom is -0.507 e. The maximum Gasteiger partial charge on any atom is 0.295 e. The lowest BCUT2D eigenvalue weighted by molar-refractivity contribution is -0.140. The summed E-state index contributed by atoms with van der Waals surface area (Å²) in [7, 11) is 1.57. The van der Waals surface area contributed by atoms with Crippen molar-refractivity contribution in [3.05, 3.63) is 64.2 Å². The molecular weight excluding hydrogens is 468 g/mol. The van der Waals surface area contributed by atoms with Crippen molar-refractivity contribution < 1.29 is 24.2 Å². The minimum atomic E-state index is -0.719. The van der Waals surface area contributed by atoms with Gasteiger partial charge in [0.05, 0.1) is 30.4 Å². The summed E-state index contributed by atoms with van der Waals surface area (Å²) in [5.41, 5.74) is 1.10. The van der Waals surface area contributed by atoms with Crippen LogP contribution in [0.1, 0.15) is 44.4 Å². The summed E-state index contributed by atoms with van der Waals surface area (Å²) in [5.74, 6) is -0.458. The van der Waals surface area contributed by atoms with Crippen molar-refractivity contribution in [1.29, 1.82) is 0 Å². The lowest BCUT2D eigenvalue weighted by Gasteiger charge is -2.27. The number of benzene rings is 2. The maximum absolute atomic E-state index is 13.2. The monoisotopic (exact) mass is 500 g/mol. The van der Waals surface area contributed by atoms with Crippen LogP contribution in [0.2, 0.25) is 5.02 Å². The number of methoxy groups -OCH3 is 1. The third-order valence-corrected chi connectivity index (χ3v) is 6.54. The van der Waals surface area contributed by atoms with E-state index in [1.165, 1.54) is 0 Å². The fourth-order valence-electron chi connectivity index (χ4n) is 4.32. The van der Waals surface area contributed by atoms with Crippen LogP contribution in [-0.4, -0.2) is 66.5 Å². The Labute approximate surface area is 211 Å². The van der Waals surface area contributed by atoms with Crippen molar-refractivity contribution in [2.75, 3.05) is 39.9 Å². The molecule has 0 aliphatic carbocycles. The van der Waals surface area contributed by atoms with Crippen LogP contribution in [0.25, 0.3) is 5.76 Å². The summed E-state index contributed by atoms with van der Waals surface area (Å²) in [6, 6.07) is 11.3. The topological polar surface area (TPSA) is 79.3 Å². The van der Waals surface area contributed by atoms with Crippen LogP contribution in [0, 0.1) is 0 Å². The molecule has 1 aliphatic rings. The number of amides is 1. The second kappa shape index (κ2) is 12.1. The van der Waals surface area contributed by atoms with E-state index in [2.05, 4.69) is 18.7 Å². The van der Waals surface area contributed by atoms with Crippen molar-refractivity contribution in [2.24, 2.45) is 0 Å². The zero-order valence-electron chi connectivity index (χ0n) is 20.7. The van der Waals surface area contributed by atoms with Crippen molar-refractivity contribution >= 4 is 29.1 Å². The molecule has 2 aromatic rings. The van der Waals surface area contributed by atoms with E-state index in [-0.39, 0.29) is 11.3 Å². The number of carbonyl (C=O) groups is 2. The largest absolute Gasteiger partial charge is 0.507 e. The van der Waals surface area contributed by atoms with E-state index in [1.807, 2.05) is 19.1 Å². The van der Waals surface area contributed by atoms with Gasteiger partial charge in [-0.1, -0.05) is 37.6 Å². The Hall–Kier alpha value is -3.03. The molecule has 0 radical (unpaired) electrons. The highest BCUT2D eigenvalue weighted by Gasteiger charge is 2.45. The summed E-state index contributed by atoms with van der Waals surface area (Å²) in [6.07, 6.45) is 0.705. The Morgan fingerprint density at radius 3 is 2.34 bits per heavy atom. The number of aliphatic hydroxyl groups excluding tert-OH is 1. The first kappa shape index (κ1) is 26.6. The Balaban J connectivity index is 2.04. The summed E-state index contributed by atoms with van der Waals surface area (Å²) in [6.45, 7) is 9.50. The van der Waals surface area contributed by atoms with Gasteiger partial charge >= 0.3 is 0 Å². The number of Topliss-reactive ketones (excluding diaryl/α,β-unsaturated/α-hetero) is 1. The molecule has 0 aromatic heterocycles. The first-order valence-electron chi connectivity index (χ1n) is 11.9. The number of halogens is 1. The standard InChI is InChI=1S/C27H33ClN2O5/c1-5-29(6-2)15-8-16-30-24(18-9-12-20(34-4)13-10-18)23(26(32)27(30)33)25(31)19-11-14-22(35-7-3)21(28)17-19/h9-14,17,24,31H,5-8,15-16H2,1-4H3/b25-23+/t24-/m0/s1. The average molecular weight is 501 g/mol. The zero-order chi connectivity index (χ0) is 25.5. The molecule has 1 atom stereocenters. The van der Waals surface area contributed by atoms with Gasteiger partial charge in [-0.05, 0) is 68.9 Å². The van der Waals surface area contributed by atoms with Crippen molar-refractivity contribution in [1.82, 2.24) is 9.80 Å². The fourth-order valence-corrected chi connectivity index (χ4v) is 4.56. The highest BCUT2D eigenvalue weighted by Crippen LogP contribution is 2.40. The number of ketones is 1. The fraction of sp³-hybridized carbons (Fsp3) is 0.407. The van der Waals surface area contributed by atoms with Gasteiger partial charge in [0, 0.05) is 12.1 Å². The zero-order valence-corrected chi connectivity index (χ0v) is 21.5. The Morgan fingerprint density at radius 1 is 1.09 bits per heavy atom. The SMILES string of the molecule is CCOc1ccc(/C(O)=C2\C(=O)C(=O)N(CCCN(CC)CC)[C@H]2c2ccc(OC)cc2)cc1Cl. The van der Waals surface area contributed by atoms with E-state index < -0.39 is 17.7 Å². The van der Waals surface area contributed by atoms with E-state index in [9.17, 15) is 14.7 Å². The quantitative estimate of drug-likeness (QED) is 0.268. The summed E-state index contributed by atoms with van der Waals surface area (Å²) in [4.78, 5) is 30.1. The number of ether oxygens (including phenoxy) is 2. The van der Waals surface area contributed by atoms with Gasteiger partial charge in [0.15, 0.2) is 0 Å². The Morgan fingerprint density at radius 2 is 1.77 bits per heavy atom. The van der Waals surface area contributed by atoms with Gasteiger partial charge in [0.1, 0.15) is 17.3 Å². The van der Waals surface area contributed by atoms with Gasteiger partial charge in [0.2, 0.25) is 0 Å². The summed E-state index contributed by atoms with van der Waals surface area (Å²) >= 11 is 6.33. The van der Waals surface area contributed by atoms with Gasteiger partial charge in [-0.3, -0.25) is 9.59 Å². The van der Waals surface area contributed by atoms with Crippen LogP contribution < -0.4 is 9.47 Å². The summed E-state index contributed by atoms with van der Waals surface area (Å²) in [5, 5.41) is 11.6. The Kier molecular flexibility index (Phi) is 9.18. The number of likely N-dealkylation sites (tertiary alicyclic amines) is 1. The van der Waals surface area contributed by atoms with Crippen molar-refractivity contribution in [2.45, 2.75) is 33.2 Å². The molecule has 7 nitrogen and oxygen atoms in total. The van der Waals surface area contributed by atoms with E-state index in [0.29, 0.717) is 47.2 Å². The lowest BCUT2D eigenvalue weighted by atomic mass is 9.95. The lowest BCUT2D eigenvalue weighted by Crippen LogP contribution is -2.33. The van der Waals surface area contributed by atoms with Crippen LogP contribution in [0.15, 0.2) is 48.0 Å². The van der Waals surface area contributed by atoms with Crippen LogP contribution in [-0.2, 0) is 9.59 Å². The number of hydrogen-bond donors (Lipinski definition) is 1. The van der Waals surface area contributed by atoms with Gasteiger partial charge in [-0.25, -0.2) is 0 Å². The van der Waals surface area contributed by atoms with Crippen LogP contribution in [0.4, 0.5) is 0 Å². The molecule has 0 spiro atoms. The van der Waals surface area contributed by atoms with Gasteiger partial charge in [-0.15, -0.1) is 0 Å². The second-order valence-corrected chi connectivity index (χ2v) is 8.63. The predicted molar refractivity (Wildman–Crippen MR) is 137 cm³/mol. The molecule has 0 saturated carbocycles. The van der Waals surface area contributed by atoms with Gasteiger partial charge < -0.3 is 24.4 Å². The minimum absolute atomic E-state index is 0.0447. The van der Waals surface area contributed by atoms with Gasteiger partial charge in [0.25, 0.3) is 11.7 Å². The number of aliphatic hydroxyl groups is 1. The molecule has 1 N–H and O–H groups in total. The first-order chi connectivity index (χ1) is 16.9. The normalized spacial score (nSPS) is 17.3. The molecule has 8 heteroatoms. The van der Waals surface area contributed by atoms with E-state index >= 15 is 0 Å². The molecule has 3 rings (SSSR count). The molecule has 1 saturated heterocycles. The highest BCUT2D eigenvalue weighted by molar-refractivity contribution is 6.46. The highest BCUT2D eigenvalue weighted by atomic mass is 35.5. The number of nitrogens with zero attached hydrogens (tertiary/aromatic N) is 2. The number of hydrogen-bond acceptors (Lipinski definition) is 6. The number of carbonyl (C=O) groups excluding carboxylic acids is 2. The predicted octanol–water partition coefficient (Wildman–Crippen LogP) is 4.90. The summed E-state index contributed by atoms with van der Waals surface area (Å²) < 4.78 is 10.7. The average Bonchev–Trinajstić information content (AvgIpc) is 3.12. The maximum atomic E-state index is 13.2. The smallest absolute Gasteiger partial charge is 0.295 e. The molecule has 35 heavy (non-hydrogen) atoms. The van der Waals surface area contributed by atoms with Crippen molar-refractivity contribution in [3.63, 3.8) is 0 Å². The van der Waals surface area contributed by atoms with Crippen LogP contribution in [0.3, 0.4) is 0 Å². The van der Waals surface area contributed by atoms with Crippen molar-refractivity contribution in [3.8, 4) is 11.5 Å².